The van der Waals surface area contributed by atoms with Gasteiger partial charge in [0.25, 0.3) is 0 Å². The number of ether oxygens (including phenoxy) is 1. The van der Waals surface area contributed by atoms with Gasteiger partial charge in [0.15, 0.2) is 0 Å². The Morgan fingerprint density at radius 2 is 2.50 bits per heavy atom. The maximum atomic E-state index is 11.2. The fourth-order valence-electron chi connectivity index (χ4n) is 1.23. The van der Waals surface area contributed by atoms with Crippen LogP contribution in [-0.2, 0) is 9.53 Å². The number of carbonyl (C=O) groups is 1. The zero-order valence-electron chi connectivity index (χ0n) is 7.58. The van der Waals surface area contributed by atoms with Crippen molar-refractivity contribution in [2.45, 2.75) is 38.6 Å². The molecule has 1 rings (SSSR count). The van der Waals surface area contributed by atoms with E-state index in [9.17, 15) is 4.79 Å². The van der Waals surface area contributed by atoms with E-state index in [0.29, 0.717) is 6.61 Å². The second kappa shape index (κ2) is 5.14. The van der Waals surface area contributed by atoms with E-state index in [1.807, 2.05) is 0 Å². The Bertz CT molecular complexity index is 141. The number of esters is 1. The Labute approximate surface area is 73.5 Å². The number of hydrogen-bond donors (Lipinski definition) is 0. The third-order valence-electron chi connectivity index (χ3n) is 2.00. The maximum absolute atomic E-state index is 11.2. The van der Waals surface area contributed by atoms with E-state index in [1.54, 1.807) is 0 Å². The first-order chi connectivity index (χ1) is 5.84. The van der Waals surface area contributed by atoms with Gasteiger partial charge in [0.05, 0.1) is 6.61 Å². The van der Waals surface area contributed by atoms with Crippen molar-refractivity contribution in [1.82, 2.24) is 5.32 Å². The highest BCUT2D eigenvalue weighted by molar-refractivity contribution is 5.76. The van der Waals surface area contributed by atoms with Gasteiger partial charge in [0.1, 0.15) is 6.04 Å². The molecule has 0 spiro atoms. The predicted octanol–water partition coefficient (Wildman–Crippen LogP) is 1.10. The summed E-state index contributed by atoms with van der Waals surface area (Å²) in [6.07, 6.45) is 3.94. The first-order valence-corrected chi connectivity index (χ1v) is 4.68. The van der Waals surface area contributed by atoms with Crippen molar-refractivity contribution in [3.05, 3.63) is 0 Å². The number of carbonyl (C=O) groups excluding carboxylic acids is 1. The SMILES string of the molecule is CCCCOC(=O)C1CCC[N]1. The fraction of sp³-hybridized carbons (Fsp3) is 0.889. The molecule has 3 nitrogen and oxygen atoms in total. The first kappa shape index (κ1) is 9.52. The molecule has 1 fully saturated rings. The summed E-state index contributed by atoms with van der Waals surface area (Å²) in [7, 11) is 0. The van der Waals surface area contributed by atoms with E-state index in [4.69, 9.17) is 4.74 Å². The van der Waals surface area contributed by atoms with Crippen molar-refractivity contribution in [2.75, 3.05) is 13.2 Å². The van der Waals surface area contributed by atoms with Crippen LogP contribution < -0.4 is 5.32 Å². The zero-order valence-corrected chi connectivity index (χ0v) is 7.58. The van der Waals surface area contributed by atoms with Crippen molar-refractivity contribution in [3.63, 3.8) is 0 Å². The molecule has 0 aromatic carbocycles. The van der Waals surface area contributed by atoms with Gasteiger partial charge in [-0.1, -0.05) is 13.3 Å². The molecule has 3 heteroatoms. The Morgan fingerprint density at radius 1 is 1.67 bits per heavy atom. The molecular weight excluding hydrogens is 154 g/mol. The van der Waals surface area contributed by atoms with Crippen LogP contribution in [0.25, 0.3) is 0 Å². The number of rotatable bonds is 4. The van der Waals surface area contributed by atoms with Crippen LogP contribution in [0.15, 0.2) is 0 Å². The highest BCUT2D eigenvalue weighted by Gasteiger charge is 2.24. The van der Waals surface area contributed by atoms with Crippen molar-refractivity contribution in [3.8, 4) is 0 Å². The molecular formula is C9H16NO2. The van der Waals surface area contributed by atoms with E-state index in [-0.39, 0.29) is 12.0 Å². The van der Waals surface area contributed by atoms with E-state index in [2.05, 4.69) is 12.2 Å². The monoisotopic (exact) mass is 170 g/mol. The standard InChI is InChI=1S/C9H16NO2/c1-2-3-7-12-9(11)8-5-4-6-10-8/h8H,2-7H2,1H3. The molecule has 0 amide bonds. The summed E-state index contributed by atoms with van der Waals surface area (Å²) in [4.78, 5) is 11.2. The molecule has 1 aliphatic heterocycles. The summed E-state index contributed by atoms with van der Waals surface area (Å²) in [6, 6.07) is -0.151. The lowest BCUT2D eigenvalue weighted by Crippen LogP contribution is -2.27. The molecule has 1 atom stereocenters. The summed E-state index contributed by atoms with van der Waals surface area (Å²) in [6.45, 7) is 3.46. The van der Waals surface area contributed by atoms with Crippen LogP contribution in [-0.4, -0.2) is 25.2 Å². The topological polar surface area (TPSA) is 40.4 Å². The molecule has 1 aliphatic rings. The molecule has 0 aromatic rings. The molecule has 0 bridgehead atoms. The van der Waals surface area contributed by atoms with Gasteiger partial charge in [0, 0.05) is 6.54 Å². The minimum atomic E-state index is -0.151. The minimum absolute atomic E-state index is 0.124. The molecule has 0 aliphatic carbocycles. The van der Waals surface area contributed by atoms with Crippen LogP contribution in [0.5, 0.6) is 0 Å². The normalized spacial score (nSPS) is 22.6. The second-order valence-electron chi connectivity index (χ2n) is 3.09. The van der Waals surface area contributed by atoms with E-state index >= 15 is 0 Å². The highest BCUT2D eigenvalue weighted by atomic mass is 16.5. The van der Waals surface area contributed by atoms with Crippen LogP contribution in [0.4, 0.5) is 0 Å². The predicted molar refractivity (Wildman–Crippen MR) is 45.9 cm³/mol. The third kappa shape index (κ3) is 2.81. The van der Waals surface area contributed by atoms with E-state index in [0.717, 1.165) is 32.2 Å². The van der Waals surface area contributed by atoms with Gasteiger partial charge in [-0.3, -0.25) is 4.79 Å². The fourth-order valence-corrected chi connectivity index (χ4v) is 1.23. The van der Waals surface area contributed by atoms with Crippen molar-refractivity contribution in [1.29, 1.82) is 0 Å². The molecule has 1 unspecified atom stereocenters. The van der Waals surface area contributed by atoms with Crippen molar-refractivity contribution in [2.24, 2.45) is 0 Å². The van der Waals surface area contributed by atoms with Crippen LogP contribution in [0.3, 0.4) is 0 Å². The van der Waals surface area contributed by atoms with Gasteiger partial charge in [0.2, 0.25) is 0 Å². The summed E-state index contributed by atoms with van der Waals surface area (Å²) < 4.78 is 5.03. The van der Waals surface area contributed by atoms with Crippen LogP contribution in [0, 0.1) is 0 Å². The lowest BCUT2D eigenvalue weighted by Gasteiger charge is -2.07. The van der Waals surface area contributed by atoms with Crippen LogP contribution >= 0.6 is 0 Å². The molecule has 1 saturated heterocycles. The smallest absolute Gasteiger partial charge is 0.324 e. The summed E-state index contributed by atoms with van der Waals surface area (Å²) in [5.41, 5.74) is 0. The largest absolute Gasteiger partial charge is 0.464 e. The average molecular weight is 170 g/mol. The highest BCUT2D eigenvalue weighted by Crippen LogP contribution is 2.08. The lowest BCUT2D eigenvalue weighted by molar-refractivity contribution is -0.145. The Kier molecular flexibility index (Phi) is 4.08. The summed E-state index contributed by atoms with van der Waals surface area (Å²) in [5, 5.41) is 4.14. The Morgan fingerprint density at radius 3 is 3.08 bits per heavy atom. The van der Waals surface area contributed by atoms with Crippen LogP contribution in [0.2, 0.25) is 0 Å². The molecule has 0 aromatic heterocycles. The van der Waals surface area contributed by atoms with Gasteiger partial charge < -0.3 is 4.74 Å². The zero-order chi connectivity index (χ0) is 8.81. The van der Waals surface area contributed by atoms with Gasteiger partial charge in [-0.25, -0.2) is 5.32 Å². The Hall–Kier alpha value is -0.570. The number of hydrogen-bond acceptors (Lipinski definition) is 2. The Balaban J connectivity index is 2.10. The van der Waals surface area contributed by atoms with Crippen molar-refractivity contribution >= 4 is 5.97 Å². The van der Waals surface area contributed by atoms with E-state index in [1.165, 1.54) is 0 Å². The third-order valence-corrected chi connectivity index (χ3v) is 2.00. The van der Waals surface area contributed by atoms with E-state index < -0.39 is 0 Å². The maximum Gasteiger partial charge on any atom is 0.324 e. The lowest BCUT2D eigenvalue weighted by atomic mass is 10.2. The minimum Gasteiger partial charge on any atom is -0.464 e. The average Bonchev–Trinajstić information content (AvgIpc) is 2.56. The first-order valence-electron chi connectivity index (χ1n) is 4.68. The summed E-state index contributed by atoms with van der Waals surface area (Å²) in [5.74, 6) is -0.124. The molecule has 0 saturated carbocycles. The molecule has 69 valence electrons. The molecule has 1 heterocycles. The number of unbranched alkanes of at least 4 members (excludes halogenated alkanes) is 1. The van der Waals surface area contributed by atoms with Gasteiger partial charge in [-0.15, -0.1) is 0 Å². The van der Waals surface area contributed by atoms with Gasteiger partial charge >= 0.3 is 5.97 Å². The quantitative estimate of drug-likeness (QED) is 0.468. The molecule has 0 N–H and O–H groups in total. The van der Waals surface area contributed by atoms with Gasteiger partial charge in [-0.05, 0) is 19.3 Å². The summed E-state index contributed by atoms with van der Waals surface area (Å²) >= 11 is 0. The van der Waals surface area contributed by atoms with Crippen molar-refractivity contribution < 1.29 is 9.53 Å². The second-order valence-corrected chi connectivity index (χ2v) is 3.09. The van der Waals surface area contributed by atoms with Crippen LogP contribution in [0.1, 0.15) is 32.6 Å². The molecule has 1 radical (unpaired) electrons. The molecule has 12 heavy (non-hydrogen) atoms. The van der Waals surface area contributed by atoms with Gasteiger partial charge in [-0.2, -0.15) is 0 Å². The number of nitrogens with zero attached hydrogens (tertiary/aromatic N) is 1.